The molecule has 0 saturated carbocycles. The van der Waals surface area contributed by atoms with Crippen LogP contribution in [0.2, 0.25) is 0 Å². The molecular formula is C27H28Cl3FN4O8. The van der Waals surface area contributed by atoms with Crippen molar-refractivity contribution in [2.45, 2.75) is 48.1 Å². The van der Waals surface area contributed by atoms with Gasteiger partial charge in [-0.15, -0.1) is 0 Å². The first-order chi connectivity index (χ1) is 20.3. The average Bonchev–Trinajstić information content (AvgIpc) is 3.70. The van der Waals surface area contributed by atoms with Crippen molar-refractivity contribution < 1.29 is 42.2 Å². The molecule has 0 N–H and O–H groups in total. The van der Waals surface area contributed by atoms with E-state index < -0.39 is 52.4 Å². The van der Waals surface area contributed by atoms with Crippen LogP contribution in [0.3, 0.4) is 0 Å². The Hall–Kier alpha value is -3.10. The van der Waals surface area contributed by atoms with Crippen LogP contribution in [0, 0.1) is 5.82 Å². The monoisotopic (exact) mass is 660 g/mol. The van der Waals surface area contributed by atoms with Crippen LogP contribution in [-0.2, 0) is 23.7 Å². The van der Waals surface area contributed by atoms with Gasteiger partial charge in [0.15, 0.2) is 17.7 Å². The number of carbonyl (C=O) groups excluding carboxylic acids is 3. The van der Waals surface area contributed by atoms with Gasteiger partial charge < -0.3 is 28.4 Å². The van der Waals surface area contributed by atoms with Crippen LogP contribution in [0.25, 0.3) is 0 Å². The first-order valence-electron chi connectivity index (χ1n) is 13.3. The first kappa shape index (κ1) is 31.3. The van der Waals surface area contributed by atoms with E-state index in [2.05, 4.69) is 5.16 Å². The predicted molar refractivity (Wildman–Crippen MR) is 153 cm³/mol. The summed E-state index contributed by atoms with van der Waals surface area (Å²) in [5.74, 6) is -1.71. The number of alkyl halides is 3. The predicted octanol–water partition coefficient (Wildman–Crippen LogP) is 5.13. The van der Waals surface area contributed by atoms with Crippen molar-refractivity contribution in [2.75, 3.05) is 42.6 Å². The first-order valence-corrected chi connectivity index (χ1v) is 14.4. The van der Waals surface area contributed by atoms with E-state index in [1.54, 1.807) is 30.9 Å². The van der Waals surface area contributed by atoms with E-state index in [0.717, 1.165) is 4.90 Å². The molecule has 1 aromatic carbocycles. The summed E-state index contributed by atoms with van der Waals surface area (Å²) in [7, 11) is 0. The lowest BCUT2D eigenvalue weighted by Gasteiger charge is -2.34. The van der Waals surface area contributed by atoms with E-state index in [0.29, 0.717) is 13.0 Å². The minimum absolute atomic E-state index is 0.0214. The molecule has 2 aromatic rings. The second kappa shape index (κ2) is 12.5. The molecule has 1 aromatic heterocycles. The summed E-state index contributed by atoms with van der Waals surface area (Å²) in [4.78, 5) is 42.7. The molecule has 3 atom stereocenters. The van der Waals surface area contributed by atoms with Gasteiger partial charge in [-0.3, -0.25) is 14.6 Å². The Morgan fingerprint density at radius 3 is 2.70 bits per heavy atom. The van der Waals surface area contributed by atoms with Gasteiger partial charge in [-0.25, -0.2) is 14.0 Å². The van der Waals surface area contributed by atoms with E-state index in [-0.39, 0.29) is 42.7 Å². The third kappa shape index (κ3) is 7.35. The summed E-state index contributed by atoms with van der Waals surface area (Å²) >= 11 is 17.0. The highest BCUT2D eigenvalue weighted by molar-refractivity contribution is 6.67. The molecule has 232 valence electrons. The molecule has 43 heavy (non-hydrogen) atoms. The minimum Gasteiger partial charge on any atom is -0.445 e. The molecule has 3 aliphatic rings. The molecule has 2 fully saturated rings. The molecule has 5 rings (SSSR count). The van der Waals surface area contributed by atoms with Gasteiger partial charge >= 0.3 is 12.2 Å². The summed E-state index contributed by atoms with van der Waals surface area (Å²) in [6.45, 7) is 3.21. The summed E-state index contributed by atoms with van der Waals surface area (Å²) < 4.78 is 40.4. The molecule has 0 spiro atoms. The van der Waals surface area contributed by atoms with E-state index in [9.17, 15) is 14.4 Å². The summed E-state index contributed by atoms with van der Waals surface area (Å²) in [5, 5.41) is 3.74. The Bertz CT molecular complexity index is 1390. The van der Waals surface area contributed by atoms with E-state index in [1.165, 1.54) is 29.4 Å². The SMILES string of the molecule is CC1(C)OC[C@@H](C(=O)N2CCC=CC2c2ccc(N3C[C@H](CN(C(=O)OCC(Cl)(Cl)Cl)c4ccon4)OC3=O)cc2F)O1. The Labute approximate surface area is 261 Å². The maximum absolute atomic E-state index is 15.6. The van der Waals surface area contributed by atoms with Crippen molar-refractivity contribution in [3.8, 4) is 0 Å². The number of halogens is 4. The number of benzene rings is 1. The Morgan fingerprint density at radius 2 is 2.05 bits per heavy atom. The molecule has 2 saturated heterocycles. The van der Waals surface area contributed by atoms with Gasteiger partial charge in [0.05, 0.1) is 31.4 Å². The molecule has 0 aliphatic carbocycles. The van der Waals surface area contributed by atoms with Crippen LogP contribution < -0.4 is 9.80 Å². The van der Waals surface area contributed by atoms with Crippen molar-refractivity contribution in [1.29, 1.82) is 0 Å². The fraction of sp³-hybridized carbons (Fsp3) is 0.481. The molecule has 1 unspecified atom stereocenters. The molecule has 4 heterocycles. The van der Waals surface area contributed by atoms with Crippen LogP contribution in [0.5, 0.6) is 0 Å². The molecule has 3 amide bonds. The van der Waals surface area contributed by atoms with E-state index in [1.807, 2.05) is 6.08 Å². The molecule has 12 nitrogen and oxygen atoms in total. The van der Waals surface area contributed by atoms with Crippen molar-refractivity contribution >= 4 is 64.4 Å². The third-order valence-corrected chi connectivity index (χ3v) is 7.24. The fourth-order valence-electron chi connectivity index (χ4n) is 4.98. The number of rotatable bonds is 7. The van der Waals surface area contributed by atoms with Gasteiger partial charge in [-0.1, -0.05) is 58.2 Å². The number of carbonyl (C=O) groups is 3. The zero-order valence-electron chi connectivity index (χ0n) is 23.1. The number of anilines is 2. The number of cyclic esters (lactones) is 1. The second-order valence-electron chi connectivity index (χ2n) is 10.5. The second-order valence-corrected chi connectivity index (χ2v) is 13.0. The van der Waals surface area contributed by atoms with Crippen LogP contribution in [0.1, 0.15) is 31.9 Å². The van der Waals surface area contributed by atoms with Crippen molar-refractivity contribution in [3.05, 3.63) is 54.1 Å². The molecule has 16 heteroatoms. The van der Waals surface area contributed by atoms with Gasteiger partial charge in [0.1, 0.15) is 24.8 Å². The number of ether oxygens (including phenoxy) is 4. The average molecular weight is 662 g/mol. The fourth-order valence-corrected chi connectivity index (χ4v) is 5.14. The zero-order valence-corrected chi connectivity index (χ0v) is 25.4. The van der Waals surface area contributed by atoms with E-state index in [4.69, 9.17) is 58.3 Å². The number of nitrogens with zero attached hydrogens (tertiary/aromatic N) is 4. The minimum atomic E-state index is -1.84. The normalized spacial score (nSPS) is 23.4. The van der Waals surface area contributed by atoms with E-state index >= 15 is 4.39 Å². The maximum atomic E-state index is 15.6. The van der Waals surface area contributed by atoms with Gasteiger partial charge in [0.2, 0.25) is 3.79 Å². The van der Waals surface area contributed by atoms with Crippen molar-refractivity contribution in [3.63, 3.8) is 0 Å². The van der Waals surface area contributed by atoms with Gasteiger partial charge in [-0.2, -0.15) is 0 Å². The lowest BCUT2D eigenvalue weighted by molar-refractivity contribution is -0.161. The molecule has 3 aliphatic heterocycles. The summed E-state index contributed by atoms with van der Waals surface area (Å²) in [5.41, 5.74) is 0.483. The number of amides is 3. The Balaban J connectivity index is 1.28. The van der Waals surface area contributed by atoms with Crippen LogP contribution in [0.15, 0.2) is 47.2 Å². The van der Waals surface area contributed by atoms with Crippen LogP contribution in [-0.4, -0.2) is 82.8 Å². The number of hydrogen-bond acceptors (Lipinski definition) is 9. The quantitative estimate of drug-likeness (QED) is 0.293. The zero-order chi connectivity index (χ0) is 30.9. The summed E-state index contributed by atoms with van der Waals surface area (Å²) in [6, 6.07) is 5.02. The Morgan fingerprint density at radius 1 is 1.26 bits per heavy atom. The lowest BCUT2D eigenvalue weighted by Crippen LogP contribution is -2.44. The molecule has 0 radical (unpaired) electrons. The van der Waals surface area contributed by atoms with Crippen molar-refractivity contribution in [2.24, 2.45) is 0 Å². The lowest BCUT2D eigenvalue weighted by atomic mass is 9.99. The smallest absolute Gasteiger partial charge is 0.415 e. The highest BCUT2D eigenvalue weighted by Gasteiger charge is 2.41. The third-order valence-electron chi connectivity index (χ3n) is 6.91. The topological polar surface area (TPSA) is 124 Å². The number of aromatic nitrogens is 1. The standard InChI is InChI=1S/C27H28Cl3FN4O8/c1-26(2)40-14-21(43-26)23(36)33-9-4-3-5-20(33)18-7-6-16(11-19(18)31)34-12-17(42-25(34)38)13-35(22-8-10-41-32-22)24(37)39-15-27(28,29)30/h3,5-8,10-11,17,20-21H,4,9,12-15H2,1-2H3/t17-,20?,21+/m1/s1. The Kier molecular flexibility index (Phi) is 9.10. The highest BCUT2D eigenvalue weighted by Crippen LogP contribution is 2.34. The van der Waals surface area contributed by atoms with Crippen molar-refractivity contribution in [1.82, 2.24) is 10.1 Å². The summed E-state index contributed by atoms with van der Waals surface area (Å²) in [6.07, 6.45) is 2.21. The number of hydrogen-bond donors (Lipinski definition) is 0. The van der Waals surface area contributed by atoms with Gasteiger partial charge in [-0.05, 0) is 32.4 Å². The maximum Gasteiger partial charge on any atom is 0.415 e. The largest absolute Gasteiger partial charge is 0.445 e. The molecular weight excluding hydrogens is 634 g/mol. The molecule has 0 bridgehead atoms. The van der Waals surface area contributed by atoms with Crippen LogP contribution in [0.4, 0.5) is 25.5 Å². The highest BCUT2D eigenvalue weighted by atomic mass is 35.6. The van der Waals surface area contributed by atoms with Gasteiger partial charge in [0.25, 0.3) is 5.91 Å². The van der Waals surface area contributed by atoms with Gasteiger partial charge in [0, 0.05) is 18.2 Å². The van der Waals surface area contributed by atoms with Crippen LogP contribution >= 0.6 is 34.8 Å².